The summed E-state index contributed by atoms with van der Waals surface area (Å²) in [6.07, 6.45) is 0.919. The number of nitrogens with two attached hydrogens (primary N) is 1. The molecule has 25 heavy (non-hydrogen) atoms. The lowest BCUT2D eigenvalue weighted by Crippen LogP contribution is -2.57. The smallest absolute Gasteiger partial charge is 0.249 e. The Kier molecular flexibility index (Phi) is 6.81. The van der Waals surface area contributed by atoms with Crippen LogP contribution < -0.4 is 5.73 Å². The van der Waals surface area contributed by atoms with Gasteiger partial charge in [-0.3, -0.25) is 9.59 Å². The van der Waals surface area contributed by atoms with Crippen molar-refractivity contribution in [1.29, 1.82) is 0 Å². The molecule has 0 aromatic heterocycles. The van der Waals surface area contributed by atoms with Gasteiger partial charge in [0.2, 0.25) is 11.8 Å². The van der Waals surface area contributed by atoms with Gasteiger partial charge in [-0.05, 0) is 31.4 Å². The van der Waals surface area contributed by atoms with Crippen molar-refractivity contribution >= 4 is 24.2 Å². The highest BCUT2D eigenvalue weighted by atomic mass is 35.5. The summed E-state index contributed by atoms with van der Waals surface area (Å²) < 4.78 is 5.37. The van der Waals surface area contributed by atoms with E-state index in [1.54, 1.807) is 4.90 Å². The second-order valence-corrected chi connectivity index (χ2v) is 6.72. The van der Waals surface area contributed by atoms with Crippen molar-refractivity contribution in [1.82, 2.24) is 9.80 Å². The normalized spacial score (nSPS) is 26.5. The van der Waals surface area contributed by atoms with Crippen molar-refractivity contribution in [2.75, 3.05) is 26.3 Å². The van der Waals surface area contributed by atoms with Crippen molar-refractivity contribution in [2.24, 2.45) is 11.7 Å². The minimum Gasteiger partial charge on any atom is -0.369 e. The summed E-state index contributed by atoms with van der Waals surface area (Å²) in [7, 11) is 0. The summed E-state index contributed by atoms with van der Waals surface area (Å²) in [6, 6.07) is 9.34. The molecule has 3 rings (SSSR count). The number of benzene rings is 1. The number of morpholine rings is 1. The standard InChI is InChI=1S/C18H25N3O3.ClH/c1-13-7-15(8-19)10-20(13)18(23)16-11-24-12-17(22)21(16)9-14-5-3-2-4-6-14;/h2-6,13,15-16H,7-12,19H2,1H3;1H/t13?,15?,16-;/m1./s1. The number of amides is 2. The van der Waals surface area contributed by atoms with Crippen LogP contribution >= 0.6 is 12.4 Å². The highest BCUT2D eigenvalue weighted by Crippen LogP contribution is 2.25. The quantitative estimate of drug-likeness (QED) is 0.862. The third-order valence-electron chi connectivity index (χ3n) is 4.96. The Bertz CT molecular complexity index is 598. The number of rotatable bonds is 4. The van der Waals surface area contributed by atoms with Gasteiger partial charge in [0.25, 0.3) is 0 Å². The average molecular weight is 368 g/mol. The maximum absolute atomic E-state index is 13.0. The molecule has 1 aromatic carbocycles. The molecule has 7 heteroatoms. The van der Waals surface area contributed by atoms with Gasteiger partial charge in [-0.25, -0.2) is 0 Å². The van der Waals surface area contributed by atoms with Crippen LogP contribution in [0.2, 0.25) is 0 Å². The highest BCUT2D eigenvalue weighted by Gasteiger charge is 2.40. The van der Waals surface area contributed by atoms with Crippen LogP contribution in [0.5, 0.6) is 0 Å². The first-order chi connectivity index (χ1) is 11.6. The van der Waals surface area contributed by atoms with Crippen LogP contribution in [-0.4, -0.2) is 60.0 Å². The van der Waals surface area contributed by atoms with Gasteiger partial charge in [0.05, 0.1) is 6.61 Å². The summed E-state index contributed by atoms with van der Waals surface area (Å²) in [5.41, 5.74) is 6.77. The Morgan fingerprint density at radius 2 is 2.04 bits per heavy atom. The van der Waals surface area contributed by atoms with Crippen LogP contribution in [-0.2, 0) is 20.9 Å². The Hall–Kier alpha value is -1.63. The number of carbonyl (C=O) groups is 2. The average Bonchev–Trinajstić information content (AvgIpc) is 2.98. The summed E-state index contributed by atoms with van der Waals surface area (Å²) in [5.74, 6) is 0.180. The van der Waals surface area contributed by atoms with Crippen molar-refractivity contribution in [3.63, 3.8) is 0 Å². The first kappa shape index (κ1) is 19.7. The molecule has 0 saturated carbocycles. The van der Waals surface area contributed by atoms with Gasteiger partial charge in [0.1, 0.15) is 12.6 Å². The van der Waals surface area contributed by atoms with E-state index in [-0.39, 0.29) is 43.5 Å². The minimum atomic E-state index is -0.551. The number of likely N-dealkylation sites (tertiary alicyclic amines) is 1. The third-order valence-corrected chi connectivity index (χ3v) is 4.96. The SMILES string of the molecule is CC1CC(CN)CN1C(=O)[C@H]1COCC(=O)N1Cc1ccccc1.Cl. The van der Waals surface area contributed by atoms with Gasteiger partial charge in [-0.1, -0.05) is 30.3 Å². The van der Waals surface area contributed by atoms with Crippen molar-refractivity contribution in [2.45, 2.75) is 32.0 Å². The van der Waals surface area contributed by atoms with Crippen LogP contribution in [0, 0.1) is 5.92 Å². The van der Waals surface area contributed by atoms with Crippen molar-refractivity contribution < 1.29 is 14.3 Å². The fourth-order valence-corrected chi connectivity index (χ4v) is 3.60. The fourth-order valence-electron chi connectivity index (χ4n) is 3.60. The minimum absolute atomic E-state index is 0. The van der Waals surface area contributed by atoms with Gasteiger partial charge in [0, 0.05) is 19.1 Å². The van der Waals surface area contributed by atoms with Crippen molar-refractivity contribution in [3.05, 3.63) is 35.9 Å². The second-order valence-electron chi connectivity index (χ2n) is 6.72. The Morgan fingerprint density at radius 1 is 1.32 bits per heavy atom. The molecular formula is C18H26ClN3O3. The lowest BCUT2D eigenvalue weighted by Gasteiger charge is -2.37. The molecule has 1 aromatic rings. The summed E-state index contributed by atoms with van der Waals surface area (Å²) in [5, 5.41) is 0. The van der Waals surface area contributed by atoms with Gasteiger partial charge in [-0.2, -0.15) is 0 Å². The molecule has 2 unspecified atom stereocenters. The third kappa shape index (κ3) is 4.32. The van der Waals surface area contributed by atoms with E-state index in [2.05, 4.69) is 0 Å². The number of hydrogen-bond acceptors (Lipinski definition) is 4. The number of nitrogens with zero attached hydrogens (tertiary/aromatic N) is 2. The van der Waals surface area contributed by atoms with Gasteiger partial charge < -0.3 is 20.3 Å². The Balaban J connectivity index is 0.00000225. The maximum Gasteiger partial charge on any atom is 0.249 e. The molecule has 2 N–H and O–H groups in total. The van der Waals surface area contributed by atoms with Crippen LogP contribution in [0.25, 0.3) is 0 Å². The van der Waals surface area contributed by atoms with Crippen LogP contribution in [0.4, 0.5) is 0 Å². The zero-order valence-electron chi connectivity index (χ0n) is 14.5. The van der Waals surface area contributed by atoms with Gasteiger partial charge >= 0.3 is 0 Å². The second kappa shape index (κ2) is 8.65. The van der Waals surface area contributed by atoms with Gasteiger partial charge in [-0.15, -0.1) is 12.4 Å². The van der Waals surface area contributed by atoms with E-state index in [4.69, 9.17) is 10.5 Å². The molecule has 0 spiro atoms. The lowest BCUT2D eigenvalue weighted by atomic mass is 10.1. The molecule has 138 valence electrons. The van der Waals surface area contributed by atoms with E-state index in [0.717, 1.165) is 12.0 Å². The molecule has 2 amide bonds. The van der Waals surface area contributed by atoms with Crippen LogP contribution in [0.3, 0.4) is 0 Å². The molecule has 3 atom stereocenters. The first-order valence-electron chi connectivity index (χ1n) is 8.51. The van der Waals surface area contributed by atoms with Crippen LogP contribution in [0.15, 0.2) is 30.3 Å². The molecule has 0 aliphatic carbocycles. The van der Waals surface area contributed by atoms with E-state index >= 15 is 0 Å². The largest absolute Gasteiger partial charge is 0.369 e. The fraction of sp³-hybridized carbons (Fsp3) is 0.556. The molecule has 2 heterocycles. The van der Waals surface area contributed by atoms with E-state index in [1.165, 1.54) is 0 Å². The number of hydrogen-bond donors (Lipinski definition) is 1. The number of halogens is 1. The Labute approximate surface area is 154 Å². The van der Waals surface area contributed by atoms with Crippen LogP contribution in [0.1, 0.15) is 18.9 Å². The first-order valence-corrected chi connectivity index (χ1v) is 8.51. The maximum atomic E-state index is 13.0. The summed E-state index contributed by atoms with van der Waals surface area (Å²) in [4.78, 5) is 28.9. The summed E-state index contributed by atoms with van der Waals surface area (Å²) >= 11 is 0. The molecule has 6 nitrogen and oxygen atoms in total. The van der Waals surface area contributed by atoms with E-state index < -0.39 is 6.04 Å². The molecule has 2 fully saturated rings. The van der Waals surface area contributed by atoms with Gasteiger partial charge in [0.15, 0.2) is 0 Å². The number of ether oxygens (including phenoxy) is 1. The highest BCUT2D eigenvalue weighted by molar-refractivity contribution is 5.89. The predicted molar refractivity (Wildman–Crippen MR) is 97.2 cm³/mol. The predicted octanol–water partition coefficient (Wildman–Crippen LogP) is 1.03. The van der Waals surface area contributed by atoms with Crippen molar-refractivity contribution in [3.8, 4) is 0 Å². The Morgan fingerprint density at radius 3 is 2.68 bits per heavy atom. The molecule has 2 aliphatic heterocycles. The lowest BCUT2D eigenvalue weighted by molar-refractivity contribution is -0.160. The van der Waals surface area contributed by atoms with E-state index in [0.29, 0.717) is 25.6 Å². The molecule has 2 saturated heterocycles. The number of carbonyl (C=O) groups excluding carboxylic acids is 2. The molecule has 2 aliphatic rings. The van der Waals surface area contributed by atoms with E-state index in [1.807, 2.05) is 42.2 Å². The van der Waals surface area contributed by atoms with E-state index in [9.17, 15) is 9.59 Å². The topological polar surface area (TPSA) is 75.9 Å². The molecule has 0 bridgehead atoms. The summed E-state index contributed by atoms with van der Waals surface area (Å²) in [6.45, 7) is 4.02. The zero-order chi connectivity index (χ0) is 17.1. The zero-order valence-corrected chi connectivity index (χ0v) is 15.3. The molecule has 0 radical (unpaired) electrons. The molecular weight excluding hydrogens is 342 g/mol. The monoisotopic (exact) mass is 367 g/mol.